The number of aryl methyl sites for hydroxylation is 1. The fourth-order valence-electron chi connectivity index (χ4n) is 1.88. The molecule has 1 N–H and O–H groups in total. The highest BCUT2D eigenvalue weighted by atomic mass is 32.2. The molecule has 0 radical (unpaired) electrons. The Kier molecular flexibility index (Phi) is 5.21. The monoisotopic (exact) mass is 361 g/mol. The van der Waals surface area contributed by atoms with Crippen molar-refractivity contribution >= 4 is 29.0 Å². The van der Waals surface area contributed by atoms with E-state index in [-0.39, 0.29) is 11.9 Å². The van der Waals surface area contributed by atoms with Crippen molar-refractivity contribution in [3.05, 3.63) is 41.4 Å². The van der Waals surface area contributed by atoms with Gasteiger partial charge in [-0.05, 0) is 26.0 Å². The van der Waals surface area contributed by atoms with E-state index in [4.69, 9.17) is 4.52 Å². The van der Waals surface area contributed by atoms with Crippen molar-refractivity contribution in [3.8, 4) is 11.5 Å². The fourth-order valence-corrected chi connectivity index (χ4v) is 3.54. The summed E-state index contributed by atoms with van der Waals surface area (Å²) >= 11 is 2.94. The van der Waals surface area contributed by atoms with Gasteiger partial charge in [-0.2, -0.15) is 4.98 Å². The fraction of sp³-hybridized carbons (Fsp3) is 0.267. The molecule has 3 rings (SSSR count). The van der Waals surface area contributed by atoms with E-state index in [9.17, 15) is 4.79 Å². The lowest BCUT2D eigenvalue weighted by Gasteiger charge is -2.08. The number of thioether (sulfide) groups is 1. The van der Waals surface area contributed by atoms with Crippen LogP contribution in [0.25, 0.3) is 11.5 Å². The van der Waals surface area contributed by atoms with Crippen molar-refractivity contribution in [1.29, 1.82) is 0 Å². The van der Waals surface area contributed by atoms with Crippen molar-refractivity contribution in [2.75, 3.05) is 5.75 Å². The molecule has 3 aromatic rings. The number of hydrogen-bond donors (Lipinski definition) is 1. The molecule has 9 heteroatoms. The summed E-state index contributed by atoms with van der Waals surface area (Å²) in [5.41, 5.74) is 1.59. The van der Waals surface area contributed by atoms with Crippen molar-refractivity contribution in [2.45, 2.75) is 24.2 Å². The first kappa shape index (κ1) is 16.6. The highest BCUT2D eigenvalue weighted by molar-refractivity contribution is 8.01. The van der Waals surface area contributed by atoms with Gasteiger partial charge in [0.1, 0.15) is 11.7 Å². The Bertz CT molecular complexity index is 818. The number of nitrogens with zero attached hydrogens (tertiary/aromatic N) is 4. The Morgan fingerprint density at radius 1 is 1.42 bits per heavy atom. The van der Waals surface area contributed by atoms with Crippen LogP contribution in [0.4, 0.5) is 0 Å². The second kappa shape index (κ2) is 7.54. The number of nitrogens with one attached hydrogen (secondary N) is 1. The number of rotatable bonds is 6. The Labute approximate surface area is 146 Å². The maximum absolute atomic E-state index is 12.0. The van der Waals surface area contributed by atoms with Crippen LogP contribution < -0.4 is 5.32 Å². The highest BCUT2D eigenvalue weighted by Gasteiger charge is 2.18. The third-order valence-electron chi connectivity index (χ3n) is 3.01. The highest BCUT2D eigenvalue weighted by Crippen LogP contribution is 2.22. The van der Waals surface area contributed by atoms with Crippen molar-refractivity contribution in [2.24, 2.45) is 0 Å². The van der Waals surface area contributed by atoms with Gasteiger partial charge in [0, 0.05) is 17.3 Å². The van der Waals surface area contributed by atoms with Crippen LogP contribution in [0.2, 0.25) is 0 Å². The number of amides is 1. The molecule has 0 aliphatic rings. The summed E-state index contributed by atoms with van der Waals surface area (Å²) in [7, 11) is 0. The molecule has 0 saturated heterocycles. The summed E-state index contributed by atoms with van der Waals surface area (Å²) in [4.78, 5) is 24.8. The maximum atomic E-state index is 12.0. The Morgan fingerprint density at radius 3 is 3.00 bits per heavy atom. The van der Waals surface area contributed by atoms with Crippen LogP contribution in [-0.4, -0.2) is 31.8 Å². The number of carbonyl (C=O) groups excluding carboxylic acids is 1. The third-order valence-corrected chi connectivity index (χ3v) is 5.15. The van der Waals surface area contributed by atoms with E-state index in [1.165, 1.54) is 23.1 Å². The molecule has 1 atom stereocenters. The van der Waals surface area contributed by atoms with Crippen LogP contribution in [0.5, 0.6) is 0 Å². The van der Waals surface area contributed by atoms with Gasteiger partial charge in [-0.15, -0.1) is 11.3 Å². The molecule has 1 amide bonds. The Hall–Kier alpha value is -2.26. The van der Waals surface area contributed by atoms with Crippen molar-refractivity contribution < 1.29 is 9.32 Å². The van der Waals surface area contributed by atoms with Gasteiger partial charge >= 0.3 is 0 Å². The molecule has 24 heavy (non-hydrogen) atoms. The largest absolute Gasteiger partial charge is 0.344 e. The van der Waals surface area contributed by atoms with Gasteiger partial charge in [-0.1, -0.05) is 23.0 Å². The maximum Gasteiger partial charge on any atom is 0.249 e. The van der Waals surface area contributed by atoms with Crippen LogP contribution in [-0.2, 0) is 4.79 Å². The lowest BCUT2D eigenvalue weighted by Crippen LogP contribution is -2.28. The summed E-state index contributed by atoms with van der Waals surface area (Å²) in [5.74, 6) is 0.926. The van der Waals surface area contributed by atoms with Gasteiger partial charge in [0.2, 0.25) is 17.6 Å². The predicted octanol–water partition coefficient (Wildman–Crippen LogP) is 2.87. The Morgan fingerprint density at radius 2 is 2.29 bits per heavy atom. The average molecular weight is 361 g/mol. The molecule has 3 heterocycles. The van der Waals surface area contributed by atoms with E-state index in [1.807, 2.05) is 24.4 Å². The summed E-state index contributed by atoms with van der Waals surface area (Å²) in [6, 6.07) is 5.08. The minimum absolute atomic E-state index is 0.113. The topological polar surface area (TPSA) is 93.8 Å². The van der Waals surface area contributed by atoms with E-state index in [2.05, 4.69) is 25.4 Å². The number of hydrogen-bond acceptors (Lipinski definition) is 8. The lowest BCUT2D eigenvalue weighted by molar-refractivity contribution is -0.119. The van der Waals surface area contributed by atoms with Crippen LogP contribution in [0, 0.1) is 6.92 Å². The summed E-state index contributed by atoms with van der Waals surface area (Å²) in [5, 5.41) is 8.69. The lowest BCUT2D eigenvalue weighted by atomic mass is 10.3. The second-order valence-electron chi connectivity index (χ2n) is 5.00. The van der Waals surface area contributed by atoms with Crippen LogP contribution >= 0.6 is 23.1 Å². The molecule has 0 aromatic carbocycles. The molecule has 0 aliphatic carbocycles. The first-order valence-electron chi connectivity index (χ1n) is 7.21. The Balaban J connectivity index is 1.55. The molecule has 3 aromatic heterocycles. The van der Waals surface area contributed by atoms with E-state index in [0.717, 1.165) is 10.0 Å². The van der Waals surface area contributed by atoms with Crippen LogP contribution in [0.15, 0.2) is 38.6 Å². The summed E-state index contributed by atoms with van der Waals surface area (Å²) in [6.07, 6.45) is 1.66. The molecule has 0 unspecified atom stereocenters. The minimum Gasteiger partial charge on any atom is -0.344 e. The number of pyridine rings is 1. The van der Waals surface area contributed by atoms with Gasteiger partial charge in [0.15, 0.2) is 4.34 Å². The molecule has 0 saturated carbocycles. The first-order chi connectivity index (χ1) is 11.6. The molecule has 0 bridgehead atoms. The second-order valence-corrected chi connectivity index (χ2v) is 7.08. The van der Waals surface area contributed by atoms with E-state index < -0.39 is 0 Å². The molecule has 0 aliphatic heterocycles. The van der Waals surface area contributed by atoms with E-state index in [1.54, 1.807) is 19.2 Å². The number of aromatic nitrogens is 4. The van der Waals surface area contributed by atoms with Gasteiger partial charge < -0.3 is 9.84 Å². The molecule has 7 nitrogen and oxygen atoms in total. The van der Waals surface area contributed by atoms with Crippen LogP contribution in [0.1, 0.15) is 24.6 Å². The molecular formula is C15H15N5O2S2. The third kappa shape index (κ3) is 4.18. The van der Waals surface area contributed by atoms with Gasteiger partial charge in [0.25, 0.3) is 0 Å². The molecule has 0 fully saturated rings. The van der Waals surface area contributed by atoms with E-state index >= 15 is 0 Å². The predicted molar refractivity (Wildman–Crippen MR) is 91.7 cm³/mol. The average Bonchev–Trinajstić information content (AvgIpc) is 3.23. The smallest absolute Gasteiger partial charge is 0.249 e. The molecule has 124 valence electrons. The molecular weight excluding hydrogens is 346 g/mol. The SMILES string of the molecule is Cc1csc(SCC(=O)N[C@H](C)c2nc(-c3ccccn3)no2)n1. The van der Waals surface area contributed by atoms with Gasteiger partial charge in [0.05, 0.1) is 5.75 Å². The van der Waals surface area contributed by atoms with Gasteiger partial charge in [-0.3, -0.25) is 9.78 Å². The number of thiazole rings is 1. The minimum atomic E-state index is -0.374. The zero-order chi connectivity index (χ0) is 16.9. The number of carbonyl (C=O) groups is 1. The van der Waals surface area contributed by atoms with Gasteiger partial charge in [-0.25, -0.2) is 4.98 Å². The summed E-state index contributed by atoms with van der Waals surface area (Å²) < 4.78 is 6.10. The zero-order valence-electron chi connectivity index (χ0n) is 13.1. The summed E-state index contributed by atoms with van der Waals surface area (Å²) in [6.45, 7) is 3.73. The van der Waals surface area contributed by atoms with Crippen molar-refractivity contribution in [3.63, 3.8) is 0 Å². The molecule has 0 spiro atoms. The quantitative estimate of drug-likeness (QED) is 0.675. The standard InChI is InChI=1S/C15H15N5O2S2/c1-9-7-23-15(17-9)24-8-12(21)18-10(2)14-19-13(20-22-14)11-5-3-4-6-16-11/h3-7,10H,8H2,1-2H3,(H,18,21)/t10-/m1/s1. The first-order valence-corrected chi connectivity index (χ1v) is 9.07. The van der Waals surface area contributed by atoms with Crippen LogP contribution in [0.3, 0.4) is 0 Å². The van der Waals surface area contributed by atoms with Crippen molar-refractivity contribution in [1.82, 2.24) is 25.4 Å². The zero-order valence-corrected chi connectivity index (χ0v) is 14.7. The van der Waals surface area contributed by atoms with E-state index in [0.29, 0.717) is 23.2 Å². The normalized spacial score (nSPS) is 12.1.